The summed E-state index contributed by atoms with van der Waals surface area (Å²) in [6, 6.07) is 5.50. The highest BCUT2D eigenvalue weighted by atomic mass is 35.5. The Morgan fingerprint density at radius 3 is 2.41 bits per heavy atom. The van der Waals surface area contributed by atoms with Crippen LogP contribution in [0.2, 0.25) is 5.02 Å². The number of carbonyl (C=O) groups excluding carboxylic acids is 2. The molecule has 1 atom stereocenters. The number of hydrogen-bond acceptors (Lipinski definition) is 3. The van der Waals surface area contributed by atoms with Crippen LogP contribution in [-0.2, 0) is 21.8 Å². The number of hydrogen-bond donors (Lipinski definition) is 2. The summed E-state index contributed by atoms with van der Waals surface area (Å²) in [7, 11) is -0.928. The molecule has 182 valence electrons. The lowest BCUT2D eigenvalue weighted by Crippen LogP contribution is -2.50. The lowest BCUT2D eigenvalue weighted by atomic mass is 10.0. The second kappa shape index (κ2) is 10.6. The third-order valence-electron chi connectivity index (χ3n) is 4.90. The van der Waals surface area contributed by atoms with Crippen molar-refractivity contribution in [3.05, 3.63) is 75.8 Å². The van der Waals surface area contributed by atoms with Gasteiger partial charge in [0, 0.05) is 28.4 Å². The first-order chi connectivity index (χ1) is 15.9. The molecule has 5 nitrogen and oxygen atoms in total. The predicted octanol–water partition coefficient (Wildman–Crippen LogP) is 4.36. The standard InChI is InChI=1S/C22H18ClF5N2O3S/c23-17-8-12(4-6-16(17)21(32)29-15-10-34(33)11-15)5-7-18(31)30-19(20(24)25)13-2-1-3-14(9-13)22(26,27)28/h1-9,15,19-20H,10-11H2,(H,29,32)(H,30,31). The minimum absolute atomic E-state index is 0.0786. The highest BCUT2D eigenvalue weighted by Crippen LogP contribution is 2.32. The second-order valence-corrected chi connectivity index (χ2v) is 9.41. The number of alkyl halides is 5. The zero-order valence-corrected chi connectivity index (χ0v) is 18.8. The first-order valence-electron chi connectivity index (χ1n) is 9.83. The van der Waals surface area contributed by atoms with Gasteiger partial charge in [0.2, 0.25) is 5.91 Å². The molecule has 0 bridgehead atoms. The van der Waals surface area contributed by atoms with E-state index in [1.165, 1.54) is 24.3 Å². The first kappa shape index (κ1) is 25.8. The van der Waals surface area contributed by atoms with Crippen molar-refractivity contribution in [3.63, 3.8) is 0 Å². The Hall–Kier alpha value is -2.79. The molecule has 2 amide bonds. The molecule has 0 aliphatic carbocycles. The van der Waals surface area contributed by atoms with Crippen molar-refractivity contribution in [2.24, 2.45) is 0 Å². The zero-order valence-electron chi connectivity index (χ0n) is 17.2. The first-order valence-corrected chi connectivity index (χ1v) is 11.7. The zero-order chi connectivity index (χ0) is 25.0. The lowest BCUT2D eigenvalue weighted by Gasteiger charge is -2.25. The summed E-state index contributed by atoms with van der Waals surface area (Å²) in [4.78, 5) is 24.4. The Morgan fingerprint density at radius 2 is 1.82 bits per heavy atom. The minimum atomic E-state index is -4.72. The van der Waals surface area contributed by atoms with Gasteiger partial charge in [-0.2, -0.15) is 13.2 Å². The monoisotopic (exact) mass is 520 g/mol. The van der Waals surface area contributed by atoms with Gasteiger partial charge in [0.25, 0.3) is 12.3 Å². The van der Waals surface area contributed by atoms with E-state index < -0.39 is 46.8 Å². The van der Waals surface area contributed by atoms with E-state index in [-0.39, 0.29) is 22.2 Å². The quantitative estimate of drug-likeness (QED) is 0.421. The van der Waals surface area contributed by atoms with E-state index in [2.05, 4.69) is 5.32 Å². The molecule has 12 heteroatoms. The smallest absolute Gasteiger partial charge is 0.347 e. The molecule has 0 radical (unpaired) electrons. The minimum Gasteiger partial charge on any atom is -0.347 e. The largest absolute Gasteiger partial charge is 0.416 e. The van der Waals surface area contributed by atoms with Crippen LogP contribution in [0.15, 0.2) is 48.5 Å². The van der Waals surface area contributed by atoms with Gasteiger partial charge in [-0.1, -0.05) is 29.8 Å². The summed E-state index contributed by atoms with van der Waals surface area (Å²) in [5.74, 6) is -0.654. The van der Waals surface area contributed by atoms with Gasteiger partial charge in [-0.25, -0.2) is 8.78 Å². The molecular formula is C22H18ClF5N2O3S. The summed E-state index contributed by atoms with van der Waals surface area (Å²) in [6.45, 7) is 0. The van der Waals surface area contributed by atoms with Crippen LogP contribution in [0.3, 0.4) is 0 Å². The molecule has 1 fully saturated rings. The predicted molar refractivity (Wildman–Crippen MR) is 118 cm³/mol. The molecule has 2 N–H and O–H groups in total. The third-order valence-corrected chi connectivity index (χ3v) is 6.76. The van der Waals surface area contributed by atoms with Gasteiger partial charge in [-0.15, -0.1) is 0 Å². The number of carbonyl (C=O) groups is 2. The van der Waals surface area contributed by atoms with E-state index in [9.17, 15) is 35.8 Å². The fraction of sp³-hybridized carbons (Fsp3) is 0.273. The van der Waals surface area contributed by atoms with Gasteiger partial charge in [0.15, 0.2) is 0 Å². The summed E-state index contributed by atoms with van der Waals surface area (Å²) in [5, 5.41) is 4.77. The SMILES string of the molecule is O=C(C=Cc1ccc(C(=O)NC2CS(=O)C2)c(Cl)c1)NC(c1cccc(C(F)(F)F)c1)C(F)F. The molecule has 2 aromatic rings. The van der Waals surface area contributed by atoms with Crippen LogP contribution in [0.25, 0.3) is 6.08 Å². The van der Waals surface area contributed by atoms with Crippen LogP contribution in [0, 0.1) is 0 Å². The van der Waals surface area contributed by atoms with E-state index in [4.69, 9.17) is 11.6 Å². The average Bonchev–Trinajstić information content (AvgIpc) is 2.74. The number of amides is 2. The van der Waals surface area contributed by atoms with Crippen LogP contribution in [0.4, 0.5) is 22.0 Å². The van der Waals surface area contributed by atoms with E-state index in [1.54, 1.807) is 0 Å². The molecule has 1 aliphatic rings. The van der Waals surface area contributed by atoms with Gasteiger partial charge in [-0.05, 0) is 41.5 Å². The Morgan fingerprint density at radius 1 is 1.12 bits per heavy atom. The van der Waals surface area contributed by atoms with Crippen LogP contribution < -0.4 is 10.6 Å². The highest BCUT2D eigenvalue weighted by Gasteiger charge is 2.32. The summed E-state index contributed by atoms with van der Waals surface area (Å²) >= 11 is 6.12. The maximum Gasteiger partial charge on any atom is 0.416 e. The maximum absolute atomic E-state index is 13.5. The number of nitrogens with one attached hydrogen (secondary N) is 2. The van der Waals surface area contributed by atoms with Crippen LogP contribution >= 0.6 is 11.6 Å². The van der Waals surface area contributed by atoms with Crippen molar-refractivity contribution in [2.75, 3.05) is 11.5 Å². The van der Waals surface area contributed by atoms with Crippen LogP contribution in [0.1, 0.15) is 33.1 Å². The summed E-state index contributed by atoms with van der Waals surface area (Å²) in [6.07, 6.45) is -5.68. The number of halogens is 6. The van der Waals surface area contributed by atoms with Crippen molar-refractivity contribution in [1.29, 1.82) is 0 Å². The van der Waals surface area contributed by atoms with Gasteiger partial charge in [-0.3, -0.25) is 13.8 Å². The summed E-state index contributed by atoms with van der Waals surface area (Å²) < 4.78 is 76.7. The molecule has 0 saturated carbocycles. The Balaban J connectivity index is 1.66. The van der Waals surface area contributed by atoms with E-state index in [0.717, 1.165) is 24.3 Å². The molecule has 1 aliphatic heterocycles. The molecule has 1 saturated heterocycles. The van der Waals surface area contributed by atoms with E-state index >= 15 is 0 Å². The number of rotatable bonds is 7. The molecule has 0 aromatic heterocycles. The van der Waals surface area contributed by atoms with Crippen molar-refractivity contribution >= 4 is 40.3 Å². The molecule has 0 spiro atoms. The molecule has 34 heavy (non-hydrogen) atoms. The molecule has 1 unspecified atom stereocenters. The Labute approximate surface area is 198 Å². The Bertz CT molecular complexity index is 1130. The molecule has 3 rings (SSSR count). The van der Waals surface area contributed by atoms with Crippen LogP contribution in [-0.4, -0.2) is 40.0 Å². The summed E-state index contributed by atoms with van der Waals surface area (Å²) in [5.41, 5.74) is -0.942. The van der Waals surface area contributed by atoms with Crippen molar-refractivity contribution < 1.29 is 35.8 Å². The normalized spacial score (nSPS) is 19.0. The van der Waals surface area contributed by atoms with Crippen molar-refractivity contribution in [1.82, 2.24) is 10.6 Å². The highest BCUT2D eigenvalue weighted by molar-refractivity contribution is 7.86. The average molecular weight is 521 g/mol. The lowest BCUT2D eigenvalue weighted by molar-refractivity contribution is -0.137. The van der Waals surface area contributed by atoms with Gasteiger partial charge in [0.1, 0.15) is 6.04 Å². The molecule has 2 aromatic carbocycles. The molecular weight excluding hydrogens is 503 g/mol. The van der Waals surface area contributed by atoms with Crippen LogP contribution in [0.5, 0.6) is 0 Å². The number of benzene rings is 2. The van der Waals surface area contributed by atoms with Crippen molar-refractivity contribution in [2.45, 2.75) is 24.7 Å². The van der Waals surface area contributed by atoms with E-state index in [1.807, 2.05) is 5.32 Å². The molecule has 1 heterocycles. The Kier molecular flexibility index (Phi) is 8.09. The van der Waals surface area contributed by atoms with Gasteiger partial charge < -0.3 is 10.6 Å². The third kappa shape index (κ3) is 6.63. The van der Waals surface area contributed by atoms with Gasteiger partial charge in [0.05, 0.1) is 22.2 Å². The fourth-order valence-corrected chi connectivity index (χ4v) is 4.38. The maximum atomic E-state index is 13.5. The topological polar surface area (TPSA) is 75.3 Å². The second-order valence-electron chi connectivity index (χ2n) is 7.46. The van der Waals surface area contributed by atoms with E-state index in [0.29, 0.717) is 23.1 Å². The van der Waals surface area contributed by atoms with Gasteiger partial charge >= 0.3 is 6.18 Å². The fourth-order valence-electron chi connectivity index (χ4n) is 3.14. The van der Waals surface area contributed by atoms with Crippen molar-refractivity contribution in [3.8, 4) is 0 Å².